The van der Waals surface area contributed by atoms with Gasteiger partial charge in [0, 0.05) is 22.7 Å². The minimum absolute atomic E-state index is 0.0830. The molecule has 0 bridgehead atoms. The van der Waals surface area contributed by atoms with Gasteiger partial charge in [-0.15, -0.1) is 0 Å². The largest absolute Gasteiger partial charge is 0.395 e. The smallest absolute Gasteiger partial charge is 0.0527 e. The molecule has 2 fully saturated rings. The van der Waals surface area contributed by atoms with E-state index in [0.29, 0.717) is 24.4 Å². The molecule has 2 heteroatoms. The first kappa shape index (κ1) is 18.9. The molecule has 4 aliphatic carbocycles. The van der Waals surface area contributed by atoms with Crippen LogP contribution in [0, 0.1) is 34.5 Å². The minimum Gasteiger partial charge on any atom is -0.395 e. The molecule has 0 amide bonds. The van der Waals surface area contributed by atoms with E-state index in [0.717, 1.165) is 5.92 Å². The Morgan fingerprint density at radius 1 is 1.03 bits per heavy atom. The molecule has 0 radical (unpaired) electrons. The summed E-state index contributed by atoms with van der Waals surface area (Å²) in [6, 6.07) is 11.0. The van der Waals surface area contributed by atoms with Crippen molar-refractivity contribution in [1.29, 1.82) is 0 Å². The first-order valence-electron chi connectivity index (χ1n) is 12.1. The molecule has 6 rings (SSSR count). The van der Waals surface area contributed by atoms with Gasteiger partial charge in [0.2, 0.25) is 0 Å². The fraction of sp³-hybridized carbons (Fsp3) is 0.571. The summed E-state index contributed by atoms with van der Waals surface area (Å²) >= 11 is 0. The Bertz CT molecular complexity index is 1040. The van der Waals surface area contributed by atoms with Crippen LogP contribution in [0.4, 0.5) is 0 Å². The molecule has 6 atom stereocenters. The molecule has 2 aromatic rings. The van der Waals surface area contributed by atoms with Crippen molar-refractivity contribution in [2.75, 3.05) is 6.61 Å². The maximum absolute atomic E-state index is 10.7. The van der Waals surface area contributed by atoms with Crippen molar-refractivity contribution < 1.29 is 5.11 Å². The molecule has 2 saturated carbocycles. The van der Waals surface area contributed by atoms with E-state index < -0.39 is 0 Å². The topological polar surface area (TPSA) is 25.2 Å². The van der Waals surface area contributed by atoms with Gasteiger partial charge in [0.05, 0.1) is 12.1 Å². The lowest BCUT2D eigenvalue weighted by atomic mass is 9.47. The predicted octanol–water partition coefficient (Wildman–Crippen LogP) is 6.66. The van der Waals surface area contributed by atoms with Crippen LogP contribution in [-0.4, -0.2) is 16.3 Å². The number of fused-ring (bicyclic) bond motifs is 6. The van der Waals surface area contributed by atoms with Gasteiger partial charge in [0.15, 0.2) is 0 Å². The van der Waals surface area contributed by atoms with Gasteiger partial charge in [0.1, 0.15) is 0 Å². The van der Waals surface area contributed by atoms with Crippen LogP contribution in [-0.2, 0) is 0 Å². The van der Waals surface area contributed by atoms with Crippen LogP contribution in [0.3, 0.4) is 0 Å². The highest BCUT2D eigenvalue weighted by molar-refractivity contribution is 5.84. The number of para-hydroxylation sites is 1. The first-order valence-corrected chi connectivity index (χ1v) is 12.1. The van der Waals surface area contributed by atoms with E-state index in [4.69, 9.17) is 0 Å². The molecule has 0 aliphatic heterocycles. The van der Waals surface area contributed by atoms with Gasteiger partial charge in [-0.25, -0.2) is 0 Å². The molecule has 0 saturated heterocycles. The monoisotopic (exact) mass is 401 g/mol. The summed E-state index contributed by atoms with van der Waals surface area (Å²) in [4.78, 5) is 0. The lowest BCUT2D eigenvalue weighted by Crippen LogP contribution is -2.52. The van der Waals surface area contributed by atoms with Gasteiger partial charge >= 0.3 is 0 Å². The number of aromatic nitrogens is 1. The number of hydrogen-bond donors (Lipinski definition) is 1. The van der Waals surface area contributed by atoms with Gasteiger partial charge < -0.3 is 9.67 Å². The first-order chi connectivity index (χ1) is 14.6. The highest BCUT2D eigenvalue weighted by Gasteiger charge is 2.58. The van der Waals surface area contributed by atoms with E-state index in [1.807, 2.05) is 0 Å². The van der Waals surface area contributed by atoms with E-state index in [1.165, 1.54) is 61.5 Å². The Kier molecular flexibility index (Phi) is 4.16. The van der Waals surface area contributed by atoms with Crippen LogP contribution in [0.5, 0.6) is 0 Å². The molecule has 30 heavy (non-hydrogen) atoms. The number of hydrogen-bond acceptors (Lipinski definition) is 1. The van der Waals surface area contributed by atoms with Gasteiger partial charge in [0.25, 0.3) is 0 Å². The van der Waals surface area contributed by atoms with Crippen molar-refractivity contribution in [1.82, 2.24) is 4.57 Å². The predicted molar refractivity (Wildman–Crippen MR) is 124 cm³/mol. The maximum Gasteiger partial charge on any atom is 0.0527 e. The van der Waals surface area contributed by atoms with Crippen LogP contribution < -0.4 is 0 Å². The zero-order valence-corrected chi connectivity index (χ0v) is 18.5. The number of nitrogens with zero attached hydrogens (tertiary/aromatic N) is 1. The average molecular weight is 402 g/mol. The third kappa shape index (κ3) is 2.40. The van der Waals surface area contributed by atoms with Crippen molar-refractivity contribution >= 4 is 16.6 Å². The molecule has 1 aromatic heterocycles. The molecule has 1 heterocycles. The molecule has 158 valence electrons. The molecule has 2 nitrogen and oxygen atoms in total. The van der Waals surface area contributed by atoms with Crippen LogP contribution in [0.2, 0.25) is 0 Å². The Labute approximate surface area is 180 Å². The summed E-state index contributed by atoms with van der Waals surface area (Å²) in [5.74, 6) is 2.86. The van der Waals surface area contributed by atoms with Crippen molar-refractivity contribution in [3.63, 3.8) is 0 Å². The number of allylic oxidation sites excluding steroid dienone is 3. The highest BCUT2D eigenvalue weighted by Crippen LogP contribution is 2.66. The van der Waals surface area contributed by atoms with Crippen molar-refractivity contribution in [3.05, 3.63) is 54.3 Å². The number of aliphatic hydroxyl groups excluding tert-OH is 1. The number of benzene rings is 1. The number of aliphatic hydroxyl groups is 1. The fourth-order valence-electron chi connectivity index (χ4n) is 8.15. The van der Waals surface area contributed by atoms with Crippen LogP contribution in [0.15, 0.2) is 54.3 Å². The normalized spacial score (nSPS) is 40.4. The van der Waals surface area contributed by atoms with Gasteiger partial charge in [-0.05, 0) is 86.1 Å². The van der Waals surface area contributed by atoms with Crippen LogP contribution in [0.25, 0.3) is 16.6 Å². The standard InChI is InChI=1S/C28H35NO/c1-19-11-15-28(18-30)21(17-19)7-8-22-23-9-10-26(27(23,2)14-12-24(22)28)29-16-13-20-5-3-4-6-25(20)29/h3-7,10,13,16,19,22-24,30H,8-9,11-12,14-15,17-18H2,1-2H3/t19-,22?,23?,24?,27-,28+/m0/s1. The molecular weight excluding hydrogens is 366 g/mol. The van der Waals surface area contributed by atoms with E-state index in [9.17, 15) is 5.11 Å². The molecule has 4 aliphatic rings. The summed E-state index contributed by atoms with van der Waals surface area (Å²) in [7, 11) is 0. The Balaban J connectivity index is 1.37. The molecule has 0 spiro atoms. The second kappa shape index (κ2) is 6.60. The summed E-state index contributed by atoms with van der Waals surface area (Å²) in [5.41, 5.74) is 4.80. The third-order valence-electron chi connectivity index (χ3n) is 9.76. The molecule has 3 unspecified atom stereocenters. The summed E-state index contributed by atoms with van der Waals surface area (Å²) in [6.07, 6.45) is 16.0. The van der Waals surface area contributed by atoms with Gasteiger partial charge in [-0.3, -0.25) is 0 Å². The van der Waals surface area contributed by atoms with E-state index in [2.05, 4.69) is 67.1 Å². The Morgan fingerprint density at radius 3 is 2.77 bits per heavy atom. The Hall–Kier alpha value is -1.80. The lowest BCUT2D eigenvalue weighted by Gasteiger charge is -2.58. The lowest BCUT2D eigenvalue weighted by molar-refractivity contribution is -0.0486. The van der Waals surface area contributed by atoms with Crippen molar-refractivity contribution in [2.45, 2.75) is 58.8 Å². The van der Waals surface area contributed by atoms with Gasteiger partial charge in [-0.2, -0.15) is 0 Å². The molecule has 1 N–H and O–H groups in total. The number of rotatable bonds is 2. The SMILES string of the molecule is C[C@H]1CC[C@@]2(CO)C(=CCC3C2CC[C@]2(C)C(n4ccc5ccccc54)=CCC32)C1. The minimum atomic E-state index is 0.0830. The second-order valence-electron chi connectivity index (χ2n) is 11.0. The summed E-state index contributed by atoms with van der Waals surface area (Å²) < 4.78 is 2.48. The van der Waals surface area contributed by atoms with E-state index in [-0.39, 0.29) is 10.8 Å². The highest BCUT2D eigenvalue weighted by atomic mass is 16.3. The second-order valence-corrected chi connectivity index (χ2v) is 11.0. The zero-order valence-electron chi connectivity index (χ0n) is 18.5. The van der Waals surface area contributed by atoms with Crippen LogP contribution >= 0.6 is 0 Å². The van der Waals surface area contributed by atoms with Gasteiger partial charge in [-0.1, -0.05) is 49.8 Å². The summed E-state index contributed by atoms with van der Waals surface area (Å²) in [6.45, 7) is 5.29. The van der Waals surface area contributed by atoms with E-state index in [1.54, 1.807) is 5.57 Å². The quantitative estimate of drug-likeness (QED) is 0.559. The fourth-order valence-corrected chi connectivity index (χ4v) is 8.15. The van der Waals surface area contributed by atoms with Crippen LogP contribution in [0.1, 0.15) is 58.8 Å². The third-order valence-corrected chi connectivity index (χ3v) is 9.76. The van der Waals surface area contributed by atoms with E-state index >= 15 is 0 Å². The summed E-state index contributed by atoms with van der Waals surface area (Å²) in [5, 5.41) is 12.0. The Morgan fingerprint density at radius 2 is 1.90 bits per heavy atom. The zero-order chi connectivity index (χ0) is 20.5. The van der Waals surface area contributed by atoms with Crippen molar-refractivity contribution in [3.8, 4) is 0 Å². The molecular formula is C28H35NO. The maximum atomic E-state index is 10.7. The molecule has 1 aromatic carbocycles. The average Bonchev–Trinajstić information content (AvgIpc) is 3.33. The van der Waals surface area contributed by atoms with Crippen molar-refractivity contribution in [2.24, 2.45) is 34.5 Å².